The molecule has 4 aromatic rings. The summed E-state index contributed by atoms with van der Waals surface area (Å²) in [5.74, 6) is -1.32. The summed E-state index contributed by atoms with van der Waals surface area (Å²) in [7, 11) is -3.12. The smallest absolute Gasteiger partial charge is 0.239 e. The van der Waals surface area contributed by atoms with Crippen LogP contribution in [0.4, 0.5) is 0 Å². The van der Waals surface area contributed by atoms with Crippen molar-refractivity contribution < 1.29 is 23.4 Å². The lowest BCUT2D eigenvalue weighted by Gasteiger charge is -2.28. The van der Waals surface area contributed by atoms with E-state index in [1.54, 1.807) is 24.3 Å². The fraction of sp³-hybridized carbons (Fsp3) is 0.160. The van der Waals surface area contributed by atoms with Crippen LogP contribution in [0.15, 0.2) is 53.4 Å². The Labute approximate surface area is 212 Å². The van der Waals surface area contributed by atoms with E-state index in [9.17, 15) is 23.4 Å². The number of likely N-dealkylation sites (N-methyl/N-ethyl adjacent to an activating group) is 1. The summed E-state index contributed by atoms with van der Waals surface area (Å²) >= 11 is 0. The number of carbonyl (C=O) groups excluding carboxylic acids is 1. The van der Waals surface area contributed by atoms with E-state index < -0.39 is 32.0 Å². The van der Waals surface area contributed by atoms with Crippen LogP contribution >= 0.6 is 0 Å². The highest BCUT2D eigenvalue weighted by atomic mass is 32.2. The molecule has 1 amide bonds. The predicted octanol–water partition coefficient (Wildman–Crippen LogP) is 2.26. The van der Waals surface area contributed by atoms with E-state index in [1.807, 2.05) is 0 Å². The first-order valence-corrected chi connectivity index (χ1v) is 12.6. The SMILES string of the molecule is CNC(=O)C(C)(C)c1cc(-c2nc3ccc(C(=N)N)cc3[nH]2)c(O)c(-c2ccccc2O)c1S(N)(=O)=O. The second kappa shape index (κ2) is 8.91. The van der Waals surface area contributed by atoms with Gasteiger partial charge in [0.05, 0.1) is 26.9 Å². The Morgan fingerprint density at radius 2 is 1.78 bits per heavy atom. The average Bonchev–Trinajstić information content (AvgIpc) is 3.26. The number of amidine groups is 1. The Morgan fingerprint density at radius 3 is 2.38 bits per heavy atom. The summed E-state index contributed by atoms with van der Waals surface area (Å²) in [6.45, 7) is 3.03. The first kappa shape index (κ1) is 25.7. The molecule has 0 saturated heterocycles. The molecule has 0 saturated carbocycles. The summed E-state index contributed by atoms with van der Waals surface area (Å²) in [6, 6.07) is 12.1. The van der Waals surface area contributed by atoms with Gasteiger partial charge in [-0.15, -0.1) is 0 Å². The Hall–Kier alpha value is -4.42. The highest BCUT2D eigenvalue weighted by Crippen LogP contribution is 2.48. The number of nitrogens with one attached hydrogen (secondary N) is 3. The van der Waals surface area contributed by atoms with Gasteiger partial charge in [0, 0.05) is 23.7 Å². The number of aromatic nitrogens is 2. The fourth-order valence-electron chi connectivity index (χ4n) is 4.27. The van der Waals surface area contributed by atoms with Crippen LogP contribution in [-0.2, 0) is 20.2 Å². The summed E-state index contributed by atoms with van der Waals surface area (Å²) in [6.07, 6.45) is 0. The molecule has 0 radical (unpaired) electrons. The van der Waals surface area contributed by atoms with Gasteiger partial charge >= 0.3 is 0 Å². The van der Waals surface area contributed by atoms with Gasteiger partial charge in [-0.1, -0.05) is 18.2 Å². The molecule has 0 aliphatic rings. The molecule has 3 aromatic carbocycles. The lowest BCUT2D eigenvalue weighted by atomic mass is 9.80. The van der Waals surface area contributed by atoms with Gasteiger partial charge in [-0.2, -0.15) is 0 Å². The van der Waals surface area contributed by atoms with Crippen LogP contribution in [0.3, 0.4) is 0 Å². The molecule has 9 N–H and O–H groups in total. The maximum Gasteiger partial charge on any atom is 0.239 e. The molecule has 1 heterocycles. The van der Waals surface area contributed by atoms with Crippen LogP contribution in [0, 0.1) is 5.41 Å². The third-order valence-electron chi connectivity index (χ3n) is 6.23. The molecule has 0 atom stereocenters. The molecular weight excluding hydrogens is 496 g/mol. The number of primary sulfonamides is 1. The molecular formula is C25H26N6O5S. The average molecular weight is 523 g/mol. The number of imidazole rings is 1. The van der Waals surface area contributed by atoms with Gasteiger partial charge in [0.1, 0.15) is 23.2 Å². The van der Waals surface area contributed by atoms with Gasteiger partial charge in [-0.05, 0) is 49.7 Å². The third-order valence-corrected chi connectivity index (χ3v) is 7.22. The van der Waals surface area contributed by atoms with E-state index >= 15 is 0 Å². The number of aromatic amines is 1. The van der Waals surface area contributed by atoms with Gasteiger partial charge in [-0.25, -0.2) is 18.5 Å². The normalized spacial score (nSPS) is 12.0. The molecule has 37 heavy (non-hydrogen) atoms. The van der Waals surface area contributed by atoms with Crippen molar-refractivity contribution in [1.29, 1.82) is 5.41 Å². The number of nitrogens with two attached hydrogens (primary N) is 2. The van der Waals surface area contributed by atoms with Crippen LogP contribution in [0.2, 0.25) is 0 Å². The van der Waals surface area contributed by atoms with Gasteiger partial charge < -0.3 is 26.2 Å². The van der Waals surface area contributed by atoms with Crippen molar-refractivity contribution >= 4 is 32.8 Å². The third kappa shape index (κ3) is 4.36. The van der Waals surface area contributed by atoms with Gasteiger partial charge in [0.25, 0.3) is 0 Å². The van der Waals surface area contributed by atoms with E-state index in [1.165, 1.54) is 45.2 Å². The lowest BCUT2D eigenvalue weighted by Crippen LogP contribution is -2.39. The van der Waals surface area contributed by atoms with E-state index in [0.29, 0.717) is 16.6 Å². The molecule has 4 rings (SSSR count). The molecule has 0 bridgehead atoms. The second-order valence-electron chi connectivity index (χ2n) is 9.02. The summed E-state index contributed by atoms with van der Waals surface area (Å²) < 4.78 is 25.9. The topological polar surface area (TPSA) is 208 Å². The van der Waals surface area contributed by atoms with Gasteiger partial charge in [0.2, 0.25) is 15.9 Å². The standard InChI is InChI=1S/C25H26N6O5S/c1-25(2,24(34)29-3)15-11-14(23-30-16-9-8-12(22(26)27)10-17(16)31-23)20(33)19(21(15)37(28,35)36)13-6-4-5-7-18(13)32/h4-11,32-33H,1-3H3,(H3,26,27)(H,29,34)(H,30,31)(H2,28,35,36). The number of nitrogens with zero attached hydrogens (tertiary/aromatic N) is 1. The largest absolute Gasteiger partial charge is 0.507 e. The molecule has 12 heteroatoms. The zero-order valence-corrected chi connectivity index (χ0v) is 21.1. The molecule has 0 fully saturated rings. The van der Waals surface area contributed by atoms with Crippen molar-refractivity contribution in [3.8, 4) is 34.0 Å². The second-order valence-corrected chi connectivity index (χ2v) is 10.5. The van der Waals surface area contributed by atoms with Crippen LogP contribution in [0.1, 0.15) is 25.0 Å². The van der Waals surface area contributed by atoms with Crippen molar-refractivity contribution in [2.24, 2.45) is 10.9 Å². The molecule has 1 aromatic heterocycles. The highest BCUT2D eigenvalue weighted by Gasteiger charge is 2.38. The summed E-state index contributed by atoms with van der Waals surface area (Å²) in [5.41, 5.74) is 5.39. The summed E-state index contributed by atoms with van der Waals surface area (Å²) in [4.78, 5) is 20.0. The van der Waals surface area contributed by atoms with Crippen LogP contribution < -0.4 is 16.2 Å². The van der Waals surface area contributed by atoms with Crippen molar-refractivity contribution in [1.82, 2.24) is 15.3 Å². The zero-order chi connectivity index (χ0) is 27.3. The number of fused-ring (bicyclic) bond motifs is 1. The molecule has 11 nitrogen and oxygen atoms in total. The minimum Gasteiger partial charge on any atom is -0.507 e. The van der Waals surface area contributed by atoms with E-state index in [-0.39, 0.29) is 39.7 Å². The minimum atomic E-state index is -4.53. The molecule has 0 aliphatic carbocycles. The molecule has 192 valence electrons. The first-order chi connectivity index (χ1) is 17.3. The maximum atomic E-state index is 13.0. The number of carbonyl (C=O) groups is 1. The molecule has 0 unspecified atom stereocenters. The maximum absolute atomic E-state index is 13.0. The van der Waals surface area contributed by atoms with E-state index in [4.69, 9.17) is 16.3 Å². The Kier molecular flexibility index (Phi) is 6.18. The number of para-hydroxylation sites is 1. The Bertz CT molecular complexity index is 1690. The lowest BCUT2D eigenvalue weighted by molar-refractivity contribution is -0.125. The molecule has 0 aliphatic heterocycles. The number of hydrogen-bond donors (Lipinski definition) is 7. The Balaban J connectivity index is 2.17. The van der Waals surface area contributed by atoms with Crippen molar-refractivity contribution in [2.45, 2.75) is 24.2 Å². The fourth-order valence-corrected chi connectivity index (χ4v) is 5.38. The van der Waals surface area contributed by atoms with E-state index in [2.05, 4.69) is 15.3 Å². The van der Waals surface area contributed by atoms with Gasteiger partial charge in [0.15, 0.2) is 0 Å². The number of benzene rings is 3. The number of H-pyrrole nitrogens is 1. The number of hydrogen-bond acceptors (Lipinski definition) is 7. The number of nitrogen functional groups attached to an aromatic ring is 1. The van der Waals surface area contributed by atoms with Crippen LogP contribution in [-0.4, -0.2) is 47.4 Å². The van der Waals surface area contributed by atoms with E-state index in [0.717, 1.165) is 0 Å². The van der Waals surface area contributed by atoms with Gasteiger partial charge in [-0.3, -0.25) is 10.2 Å². The van der Waals surface area contributed by atoms with Crippen LogP contribution in [0.25, 0.3) is 33.5 Å². The quantitative estimate of drug-likeness (QED) is 0.148. The monoisotopic (exact) mass is 522 g/mol. The number of phenolic OH excluding ortho intramolecular Hbond substituents is 2. The minimum absolute atomic E-state index is 0.00481. The van der Waals surface area contributed by atoms with Crippen molar-refractivity contribution in [3.63, 3.8) is 0 Å². The highest BCUT2D eigenvalue weighted by molar-refractivity contribution is 7.89. The zero-order valence-electron chi connectivity index (χ0n) is 20.2. The first-order valence-electron chi connectivity index (χ1n) is 11.1. The number of amides is 1. The number of rotatable bonds is 6. The Morgan fingerprint density at radius 1 is 1.11 bits per heavy atom. The summed E-state index contributed by atoms with van der Waals surface area (Å²) in [5, 5.41) is 37.9. The van der Waals surface area contributed by atoms with Crippen molar-refractivity contribution in [2.75, 3.05) is 7.05 Å². The predicted molar refractivity (Wildman–Crippen MR) is 140 cm³/mol. The molecule has 0 spiro atoms. The van der Waals surface area contributed by atoms with Crippen LogP contribution in [0.5, 0.6) is 11.5 Å². The number of aromatic hydroxyl groups is 2. The number of phenols is 2. The number of sulfonamides is 1. The van der Waals surface area contributed by atoms with Crippen molar-refractivity contribution in [3.05, 3.63) is 59.7 Å².